The number of hydrogen-bond acceptors (Lipinski definition) is 6. The average Bonchev–Trinajstić information content (AvgIpc) is 3.22. The van der Waals surface area contributed by atoms with Gasteiger partial charge in [-0.1, -0.05) is 30.3 Å². The maximum Gasteiger partial charge on any atom is 0.197 e. The van der Waals surface area contributed by atoms with E-state index in [-0.39, 0.29) is 11.6 Å². The number of allylic oxidation sites excluding steroid dienone is 2. The molecular weight excluding hydrogens is 400 g/mol. The van der Waals surface area contributed by atoms with E-state index in [2.05, 4.69) is 0 Å². The van der Waals surface area contributed by atoms with Crippen LogP contribution >= 0.6 is 22.7 Å². The SMILES string of the molecule is Cc1c(C(=O)/C=C/N(C)C)sc2sc(C(=O)/C=C/N(C)C)c(-c3ccccc3)c12. The molecule has 3 rings (SSSR count). The zero-order chi connectivity index (χ0) is 21.1. The molecule has 0 aliphatic rings. The Morgan fingerprint density at radius 1 is 0.828 bits per heavy atom. The van der Waals surface area contributed by atoms with Gasteiger partial charge in [-0.2, -0.15) is 0 Å². The minimum absolute atomic E-state index is 0.0102. The smallest absolute Gasteiger partial charge is 0.197 e. The summed E-state index contributed by atoms with van der Waals surface area (Å²) in [6, 6.07) is 9.92. The number of ketones is 2. The van der Waals surface area contributed by atoms with Gasteiger partial charge in [0.15, 0.2) is 11.6 Å². The molecule has 0 saturated heterocycles. The van der Waals surface area contributed by atoms with E-state index in [1.807, 2.05) is 75.2 Å². The van der Waals surface area contributed by atoms with E-state index >= 15 is 0 Å². The van der Waals surface area contributed by atoms with E-state index in [0.717, 1.165) is 31.0 Å². The van der Waals surface area contributed by atoms with Gasteiger partial charge in [-0.15, -0.1) is 22.7 Å². The van der Waals surface area contributed by atoms with Crippen LogP contribution in [0, 0.1) is 6.92 Å². The second-order valence-corrected chi connectivity index (χ2v) is 9.48. The second-order valence-electron chi connectivity index (χ2n) is 7.18. The molecule has 2 aromatic heterocycles. The van der Waals surface area contributed by atoms with Crippen molar-refractivity contribution in [3.63, 3.8) is 0 Å². The standard InChI is InChI=1S/C23H24N2O2S2/c1-15-19-20(16-9-7-6-8-10-16)22(18(27)12-14-25(4)5)29-23(19)28-21(15)17(26)11-13-24(2)3/h6-14H,1-5H3/b13-11+,14-12+. The maximum absolute atomic E-state index is 12.9. The zero-order valence-corrected chi connectivity index (χ0v) is 18.9. The van der Waals surface area contributed by atoms with Gasteiger partial charge >= 0.3 is 0 Å². The summed E-state index contributed by atoms with van der Waals surface area (Å²) in [5, 5.41) is 1.01. The maximum atomic E-state index is 12.9. The van der Waals surface area contributed by atoms with Crippen LogP contribution in [0.4, 0.5) is 0 Å². The minimum atomic E-state index is -0.0225. The lowest BCUT2D eigenvalue weighted by Gasteiger charge is -2.06. The highest BCUT2D eigenvalue weighted by atomic mass is 32.2. The van der Waals surface area contributed by atoms with Gasteiger partial charge in [0.05, 0.1) is 13.8 Å². The summed E-state index contributed by atoms with van der Waals surface area (Å²) in [6.07, 6.45) is 6.72. The average molecular weight is 425 g/mol. The van der Waals surface area contributed by atoms with Crippen molar-refractivity contribution < 1.29 is 9.59 Å². The number of hydrogen-bond donors (Lipinski definition) is 0. The van der Waals surface area contributed by atoms with Gasteiger partial charge in [-0.05, 0) is 18.1 Å². The Balaban J connectivity index is 2.19. The van der Waals surface area contributed by atoms with Crippen LogP contribution in [0.5, 0.6) is 0 Å². The van der Waals surface area contributed by atoms with Crippen molar-refractivity contribution in [1.82, 2.24) is 9.80 Å². The normalized spacial score (nSPS) is 11.6. The number of carbonyl (C=O) groups is 2. The second kappa shape index (κ2) is 8.76. The Hall–Kier alpha value is -2.70. The number of rotatable bonds is 7. The first-order valence-corrected chi connectivity index (χ1v) is 10.8. The van der Waals surface area contributed by atoms with Crippen LogP contribution in [-0.4, -0.2) is 49.6 Å². The Morgan fingerprint density at radius 3 is 1.90 bits per heavy atom. The molecule has 6 heteroatoms. The first kappa shape index (κ1) is 21.0. The molecule has 150 valence electrons. The molecule has 0 fully saturated rings. The summed E-state index contributed by atoms with van der Waals surface area (Å²) in [5.74, 6) is -0.0327. The number of thiophene rings is 2. The summed E-state index contributed by atoms with van der Waals surface area (Å²) >= 11 is 2.94. The Kier molecular flexibility index (Phi) is 6.35. The Bertz CT molecular complexity index is 1100. The third-order valence-electron chi connectivity index (χ3n) is 4.34. The predicted molar refractivity (Wildman–Crippen MR) is 124 cm³/mol. The number of nitrogens with zero attached hydrogens (tertiary/aromatic N) is 2. The van der Waals surface area contributed by atoms with Crippen LogP contribution < -0.4 is 0 Å². The highest BCUT2D eigenvalue weighted by molar-refractivity contribution is 7.40. The summed E-state index contributed by atoms with van der Waals surface area (Å²) in [6.45, 7) is 1.97. The summed E-state index contributed by atoms with van der Waals surface area (Å²) < 4.78 is 1.00. The van der Waals surface area contributed by atoms with Gasteiger partial charge in [0.2, 0.25) is 0 Å². The lowest BCUT2D eigenvalue weighted by atomic mass is 9.99. The molecule has 0 unspecified atom stereocenters. The quantitative estimate of drug-likeness (QED) is 0.373. The van der Waals surface area contributed by atoms with Crippen molar-refractivity contribution in [3.05, 3.63) is 70.2 Å². The molecule has 0 N–H and O–H groups in total. The van der Waals surface area contributed by atoms with E-state index in [1.54, 1.807) is 24.6 Å². The lowest BCUT2D eigenvalue weighted by Crippen LogP contribution is -2.03. The summed E-state index contributed by atoms with van der Waals surface area (Å²) in [7, 11) is 7.54. The molecule has 1 aromatic carbocycles. The van der Waals surface area contributed by atoms with E-state index in [0.29, 0.717) is 4.88 Å². The van der Waals surface area contributed by atoms with E-state index in [9.17, 15) is 9.59 Å². The van der Waals surface area contributed by atoms with Crippen molar-refractivity contribution in [1.29, 1.82) is 0 Å². The molecule has 0 bridgehead atoms. The third kappa shape index (κ3) is 4.49. The van der Waals surface area contributed by atoms with Gasteiger partial charge in [0.1, 0.15) is 0 Å². The molecule has 0 saturated carbocycles. The molecule has 0 amide bonds. The molecule has 0 atom stereocenters. The third-order valence-corrected chi connectivity index (χ3v) is 6.94. The number of fused-ring (bicyclic) bond motifs is 1. The molecule has 2 heterocycles. The van der Waals surface area contributed by atoms with Crippen LogP contribution in [0.2, 0.25) is 0 Å². The first-order chi connectivity index (χ1) is 13.8. The van der Waals surface area contributed by atoms with Crippen LogP contribution in [0.25, 0.3) is 20.5 Å². The molecule has 29 heavy (non-hydrogen) atoms. The van der Waals surface area contributed by atoms with Crippen LogP contribution in [0.1, 0.15) is 24.9 Å². The lowest BCUT2D eigenvalue weighted by molar-refractivity contribution is 0.104. The fourth-order valence-corrected chi connectivity index (χ4v) is 5.65. The minimum Gasteiger partial charge on any atom is -0.383 e. The topological polar surface area (TPSA) is 40.6 Å². The van der Waals surface area contributed by atoms with Gasteiger partial charge < -0.3 is 9.80 Å². The van der Waals surface area contributed by atoms with Gasteiger partial charge in [0, 0.05) is 63.7 Å². The zero-order valence-electron chi connectivity index (χ0n) is 17.2. The Labute approximate surface area is 179 Å². The van der Waals surface area contributed by atoms with Crippen LogP contribution in [0.3, 0.4) is 0 Å². The Morgan fingerprint density at radius 2 is 1.34 bits per heavy atom. The van der Waals surface area contributed by atoms with Crippen molar-refractivity contribution in [3.8, 4) is 11.1 Å². The molecule has 0 spiro atoms. The summed E-state index contributed by atoms with van der Waals surface area (Å²) in [4.78, 5) is 30.8. The molecule has 3 aromatic rings. The highest BCUT2D eigenvalue weighted by Crippen LogP contribution is 2.46. The molecule has 0 radical (unpaired) electrons. The monoisotopic (exact) mass is 424 g/mol. The molecule has 0 aliphatic heterocycles. The molecule has 4 nitrogen and oxygen atoms in total. The number of carbonyl (C=O) groups excluding carboxylic acids is 2. The number of benzene rings is 1. The number of aryl methyl sites for hydroxylation is 1. The van der Waals surface area contributed by atoms with Crippen molar-refractivity contribution >= 4 is 43.6 Å². The van der Waals surface area contributed by atoms with Gasteiger partial charge in [-0.3, -0.25) is 9.59 Å². The van der Waals surface area contributed by atoms with Crippen molar-refractivity contribution in [2.75, 3.05) is 28.2 Å². The highest BCUT2D eigenvalue weighted by Gasteiger charge is 2.24. The van der Waals surface area contributed by atoms with Gasteiger partial charge in [0.25, 0.3) is 0 Å². The predicted octanol–water partition coefficient (Wildman–Crippen LogP) is 5.45. The van der Waals surface area contributed by atoms with E-state index in [4.69, 9.17) is 0 Å². The fraction of sp³-hybridized carbons (Fsp3) is 0.217. The first-order valence-electron chi connectivity index (χ1n) is 9.18. The summed E-state index contributed by atoms with van der Waals surface area (Å²) in [5.41, 5.74) is 2.84. The largest absolute Gasteiger partial charge is 0.383 e. The van der Waals surface area contributed by atoms with Crippen LogP contribution in [-0.2, 0) is 0 Å². The van der Waals surface area contributed by atoms with Crippen molar-refractivity contribution in [2.45, 2.75) is 6.92 Å². The molecule has 0 aliphatic carbocycles. The molecular formula is C23H24N2O2S2. The van der Waals surface area contributed by atoms with Crippen molar-refractivity contribution in [2.24, 2.45) is 0 Å². The van der Waals surface area contributed by atoms with Gasteiger partial charge in [-0.25, -0.2) is 0 Å². The van der Waals surface area contributed by atoms with E-state index in [1.165, 1.54) is 22.7 Å². The van der Waals surface area contributed by atoms with Crippen LogP contribution in [0.15, 0.2) is 54.9 Å². The van der Waals surface area contributed by atoms with E-state index < -0.39 is 0 Å². The fourth-order valence-electron chi connectivity index (χ4n) is 2.98.